The lowest BCUT2D eigenvalue weighted by Crippen LogP contribution is -1.92. The van der Waals surface area contributed by atoms with E-state index >= 15 is 0 Å². The summed E-state index contributed by atoms with van der Waals surface area (Å²) in [5, 5.41) is 6.81. The standard InChI is InChI=1S/C16H14FN3O/c1-10-7-8-12(9-11(10)2)18-16-19-15(20-21-16)13-5-3-4-6-14(13)17/h3-9H,1-2H3,(H,18,19,20). The Hall–Kier alpha value is -2.69. The van der Waals surface area contributed by atoms with Crippen molar-refractivity contribution in [3.05, 3.63) is 59.4 Å². The van der Waals surface area contributed by atoms with Gasteiger partial charge in [0.15, 0.2) is 0 Å². The maximum Gasteiger partial charge on any atom is 0.326 e. The lowest BCUT2D eigenvalue weighted by atomic mass is 10.1. The lowest BCUT2D eigenvalue weighted by Gasteiger charge is -2.04. The van der Waals surface area contributed by atoms with Crippen molar-refractivity contribution in [3.8, 4) is 11.4 Å². The fourth-order valence-corrected chi connectivity index (χ4v) is 1.97. The van der Waals surface area contributed by atoms with Crippen LogP contribution < -0.4 is 5.32 Å². The summed E-state index contributed by atoms with van der Waals surface area (Å²) >= 11 is 0. The zero-order chi connectivity index (χ0) is 14.8. The molecule has 1 aromatic heterocycles. The summed E-state index contributed by atoms with van der Waals surface area (Å²) in [7, 11) is 0. The minimum Gasteiger partial charge on any atom is -0.315 e. The molecule has 1 N–H and O–H groups in total. The molecule has 0 aliphatic heterocycles. The van der Waals surface area contributed by atoms with Crippen molar-refractivity contribution < 1.29 is 8.91 Å². The Balaban J connectivity index is 1.85. The first-order valence-corrected chi connectivity index (χ1v) is 6.56. The van der Waals surface area contributed by atoms with Gasteiger partial charge in [-0.2, -0.15) is 4.98 Å². The number of nitrogens with zero attached hydrogens (tertiary/aromatic N) is 2. The predicted molar refractivity (Wildman–Crippen MR) is 78.9 cm³/mol. The van der Waals surface area contributed by atoms with Gasteiger partial charge in [-0.15, -0.1) is 0 Å². The molecule has 0 atom stereocenters. The van der Waals surface area contributed by atoms with E-state index in [0.29, 0.717) is 5.56 Å². The van der Waals surface area contributed by atoms with Crippen LogP contribution in [0.1, 0.15) is 11.1 Å². The van der Waals surface area contributed by atoms with E-state index in [0.717, 1.165) is 11.3 Å². The molecule has 2 aromatic carbocycles. The van der Waals surface area contributed by atoms with Gasteiger partial charge in [0.25, 0.3) is 0 Å². The topological polar surface area (TPSA) is 51.0 Å². The van der Waals surface area contributed by atoms with Crippen molar-refractivity contribution in [1.82, 2.24) is 10.1 Å². The highest BCUT2D eigenvalue weighted by atomic mass is 19.1. The summed E-state index contributed by atoms with van der Waals surface area (Å²) in [4.78, 5) is 4.16. The molecular weight excluding hydrogens is 269 g/mol. The summed E-state index contributed by atoms with van der Waals surface area (Å²) in [6, 6.07) is 12.5. The smallest absolute Gasteiger partial charge is 0.315 e. The summed E-state index contributed by atoms with van der Waals surface area (Å²) in [5.41, 5.74) is 3.53. The predicted octanol–water partition coefficient (Wildman–Crippen LogP) is 4.24. The average Bonchev–Trinajstić information content (AvgIpc) is 2.92. The number of benzene rings is 2. The monoisotopic (exact) mass is 283 g/mol. The van der Waals surface area contributed by atoms with Gasteiger partial charge in [-0.25, -0.2) is 4.39 Å². The van der Waals surface area contributed by atoms with Gasteiger partial charge in [0.2, 0.25) is 5.82 Å². The van der Waals surface area contributed by atoms with Gasteiger partial charge in [0.1, 0.15) is 5.82 Å². The molecule has 0 unspecified atom stereocenters. The Labute approximate surface area is 121 Å². The van der Waals surface area contributed by atoms with E-state index in [1.165, 1.54) is 11.6 Å². The van der Waals surface area contributed by atoms with Crippen molar-refractivity contribution in [1.29, 1.82) is 0 Å². The average molecular weight is 283 g/mol. The fraction of sp³-hybridized carbons (Fsp3) is 0.125. The van der Waals surface area contributed by atoms with Gasteiger partial charge in [0, 0.05) is 5.69 Å². The Morgan fingerprint density at radius 2 is 1.86 bits per heavy atom. The summed E-state index contributed by atoms with van der Waals surface area (Å²) in [5.74, 6) is -0.157. The largest absolute Gasteiger partial charge is 0.326 e. The van der Waals surface area contributed by atoms with Crippen LogP contribution in [-0.4, -0.2) is 10.1 Å². The Morgan fingerprint density at radius 3 is 2.62 bits per heavy atom. The molecule has 3 rings (SSSR count). The second kappa shape index (κ2) is 5.36. The number of hydrogen-bond acceptors (Lipinski definition) is 4. The van der Waals surface area contributed by atoms with Crippen molar-refractivity contribution in [2.75, 3.05) is 5.32 Å². The van der Waals surface area contributed by atoms with E-state index in [4.69, 9.17) is 4.52 Å². The molecule has 3 aromatic rings. The van der Waals surface area contributed by atoms with Crippen LogP contribution in [0.3, 0.4) is 0 Å². The highest BCUT2D eigenvalue weighted by molar-refractivity contribution is 5.59. The van der Waals surface area contributed by atoms with Crippen LogP contribution in [-0.2, 0) is 0 Å². The summed E-state index contributed by atoms with van der Waals surface area (Å²) in [6.07, 6.45) is 0. The van der Waals surface area contributed by atoms with Crippen molar-refractivity contribution >= 4 is 11.7 Å². The van der Waals surface area contributed by atoms with Crippen LogP contribution in [0.2, 0.25) is 0 Å². The SMILES string of the molecule is Cc1ccc(Nc2nc(-c3ccccc3F)no2)cc1C. The highest BCUT2D eigenvalue weighted by Crippen LogP contribution is 2.23. The minimum absolute atomic E-state index is 0.222. The molecule has 21 heavy (non-hydrogen) atoms. The first-order valence-electron chi connectivity index (χ1n) is 6.56. The third-order valence-corrected chi connectivity index (χ3v) is 3.30. The van der Waals surface area contributed by atoms with Crippen LogP contribution in [0.4, 0.5) is 16.1 Å². The second-order valence-corrected chi connectivity index (χ2v) is 4.83. The molecule has 0 aliphatic rings. The van der Waals surface area contributed by atoms with E-state index < -0.39 is 0 Å². The van der Waals surface area contributed by atoms with Gasteiger partial charge >= 0.3 is 6.01 Å². The lowest BCUT2D eigenvalue weighted by molar-refractivity contribution is 0.435. The number of aromatic nitrogens is 2. The molecule has 0 fully saturated rings. The van der Waals surface area contributed by atoms with Crippen molar-refractivity contribution in [2.45, 2.75) is 13.8 Å². The van der Waals surface area contributed by atoms with Crippen molar-refractivity contribution in [2.24, 2.45) is 0 Å². The van der Waals surface area contributed by atoms with Gasteiger partial charge in [-0.1, -0.05) is 23.4 Å². The summed E-state index contributed by atoms with van der Waals surface area (Å²) in [6.45, 7) is 4.07. The molecule has 4 nitrogen and oxygen atoms in total. The number of hydrogen-bond donors (Lipinski definition) is 1. The first kappa shape index (κ1) is 13.3. The van der Waals surface area contributed by atoms with Crippen LogP contribution in [0.15, 0.2) is 47.0 Å². The van der Waals surface area contributed by atoms with Crippen LogP contribution in [0.25, 0.3) is 11.4 Å². The zero-order valence-electron chi connectivity index (χ0n) is 11.7. The van der Waals surface area contributed by atoms with E-state index in [2.05, 4.69) is 15.5 Å². The Bertz CT molecular complexity index is 783. The quantitative estimate of drug-likeness (QED) is 0.781. The van der Waals surface area contributed by atoms with Crippen LogP contribution in [0.5, 0.6) is 0 Å². The van der Waals surface area contributed by atoms with Gasteiger partial charge < -0.3 is 9.84 Å². The Morgan fingerprint density at radius 1 is 1.05 bits per heavy atom. The van der Waals surface area contributed by atoms with Crippen LogP contribution >= 0.6 is 0 Å². The number of nitrogens with one attached hydrogen (secondary N) is 1. The molecule has 5 heteroatoms. The van der Waals surface area contributed by atoms with Gasteiger partial charge in [-0.05, 0) is 49.2 Å². The van der Waals surface area contributed by atoms with E-state index in [1.54, 1.807) is 18.2 Å². The normalized spacial score (nSPS) is 10.6. The number of anilines is 2. The molecule has 0 spiro atoms. The molecule has 1 heterocycles. The maximum absolute atomic E-state index is 13.7. The molecular formula is C16H14FN3O. The number of aryl methyl sites for hydroxylation is 2. The molecule has 106 valence electrons. The molecule has 0 aliphatic carbocycles. The summed E-state index contributed by atoms with van der Waals surface area (Å²) < 4.78 is 18.8. The molecule has 0 amide bonds. The minimum atomic E-state index is -0.379. The van der Waals surface area contributed by atoms with E-state index in [1.807, 2.05) is 32.0 Å². The molecule has 0 saturated heterocycles. The second-order valence-electron chi connectivity index (χ2n) is 4.83. The van der Waals surface area contributed by atoms with E-state index in [9.17, 15) is 4.39 Å². The third-order valence-electron chi connectivity index (χ3n) is 3.30. The number of halogens is 1. The van der Waals surface area contributed by atoms with Crippen LogP contribution in [0, 0.1) is 19.7 Å². The fourth-order valence-electron chi connectivity index (χ4n) is 1.97. The number of rotatable bonds is 3. The van der Waals surface area contributed by atoms with E-state index in [-0.39, 0.29) is 17.7 Å². The van der Waals surface area contributed by atoms with Gasteiger partial charge in [-0.3, -0.25) is 0 Å². The first-order chi connectivity index (χ1) is 10.1. The molecule has 0 bridgehead atoms. The van der Waals surface area contributed by atoms with Crippen molar-refractivity contribution in [3.63, 3.8) is 0 Å². The van der Waals surface area contributed by atoms with Gasteiger partial charge in [0.05, 0.1) is 5.56 Å². The third kappa shape index (κ3) is 2.76. The molecule has 0 radical (unpaired) electrons. The Kier molecular flexibility index (Phi) is 3.39. The zero-order valence-corrected chi connectivity index (χ0v) is 11.7. The highest BCUT2D eigenvalue weighted by Gasteiger charge is 2.12. The maximum atomic E-state index is 13.7. The molecule has 0 saturated carbocycles.